The third kappa shape index (κ3) is 5.14. The summed E-state index contributed by atoms with van der Waals surface area (Å²) in [5.41, 5.74) is 1.11. The molecule has 0 unspecified atom stereocenters. The van der Waals surface area contributed by atoms with Gasteiger partial charge in [0, 0.05) is 12.0 Å². The van der Waals surface area contributed by atoms with Crippen molar-refractivity contribution < 1.29 is 14.4 Å². The van der Waals surface area contributed by atoms with Gasteiger partial charge >= 0.3 is 0 Å². The van der Waals surface area contributed by atoms with Gasteiger partial charge in [0.2, 0.25) is 0 Å². The number of aryl methyl sites for hydroxylation is 1. The maximum Gasteiger partial charge on any atom is 0.160 e. The molecule has 0 bridgehead atoms. The molecule has 1 rings (SSSR count). The van der Waals surface area contributed by atoms with E-state index in [2.05, 4.69) is 0 Å². The number of benzene rings is 1. The maximum atomic E-state index is 9.62. The zero-order valence-corrected chi connectivity index (χ0v) is 13.7. The van der Waals surface area contributed by atoms with E-state index in [-0.39, 0.29) is 10.5 Å². The lowest BCUT2D eigenvalue weighted by Crippen LogP contribution is -2.18. The lowest BCUT2D eigenvalue weighted by molar-refractivity contribution is 0.373. The van der Waals surface area contributed by atoms with Gasteiger partial charge in [-0.3, -0.25) is 0 Å². The quantitative estimate of drug-likeness (QED) is 0.534. The molecule has 0 aliphatic heterocycles. The molecule has 0 spiro atoms. The van der Waals surface area contributed by atoms with E-state index in [0.717, 1.165) is 36.9 Å². The molecule has 4 heteroatoms. The number of hydrogen-bond acceptors (Lipinski definition) is 4. The SMILES string of the molecule is CC=CC(C=CC)(CCCc1ccc(O)c(OC)c1)SO. The van der Waals surface area contributed by atoms with Crippen molar-refractivity contribution in [2.75, 3.05) is 7.11 Å². The highest BCUT2D eigenvalue weighted by atomic mass is 32.2. The molecular weight excluding hydrogens is 284 g/mol. The molecule has 0 atom stereocenters. The molecule has 0 saturated carbocycles. The molecule has 0 fully saturated rings. The number of phenolic OH excluding ortho intramolecular Hbond substituents is 1. The third-order valence-corrected chi connectivity index (χ3v) is 4.16. The summed E-state index contributed by atoms with van der Waals surface area (Å²) in [6, 6.07) is 5.41. The summed E-state index contributed by atoms with van der Waals surface area (Å²) in [6.07, 6.45) is 10.6. The minimum atomic E-state index is -0.357. The Kier molecular flexibility index (Phi) is 7.40. The fraction of sp³-hybridized carbons (Fsp3) is 0.412. The van der Waals surface area contributed by atoms with E-state index in [1.807, 2.05) is 50.3 Å². The molecule has 3 nitrogen and oxygen atoms in total. The first-order valence-corrected chi connectivity index (χ1v) is 7.84. The highest BCUT2D eigenvalue weighted by Crippen LogP contribution is 2.33. The largest absolute Gasteiger partial charge is 0.504 e. The lowest BCUT2D eigenvalue weighted by Gasteiger charge is -2.23. The van der Waals surface area contributed by atoms with Gasteiger partial charge in [0.05, 0.1) is 11.9 Å². The van der Waals surface area contributed by atoms with Crippen LogP contribution in [0.2, 0.25) is 0 Å². The number of hydrogen-bond donors (Lipinski definition) is 2. The summed E-state index contributed by atoms with van der Waals surface area (Å²) >= 11 is 0.873. The van der Waals surface area contributed by atoms with Gasteiger partial charge in [-0.2, -0.15) is 0 Å². The topological polar surface area (TPSA) is 49.7 Å². The molecule has 2 N–H and O–H groups in total. The molecule has 0 amide bonds. The average molecular weight is 308 g/mol. The van der Waals surface area contributed by atoms with Crippen LogP contribution in [0.5, 0.6) is 11.5 Å². The van der Waals surface area contributed by atoms with E-state index in [4.69, 9.17) is 4.74 Å². The van der Waals surface area contributed by atoms with Crippen molar-refractivity contribution in [3.8, 4) is 11.5 Å². The monoisotopic (exact) mass is 308 g/mol. The first kappa shape index (κ1) is 17.7. The summed E-state index contributed by atoms with van der Waals surface area (Å²) in [6.45, 7) is 3.92. The fourth-order valence-corrected chi connectivity index (χ4v) is 2.97. The highest BCUT2D eigenvalue weighted by Gasteiger charge is 2.23. The first-order valence-electron chi connectivity index (χ1n) is 7.07. The fourth-order valence-electron chi connectivity index (χ4n) is 2.34. The van der Waals surface area contributed by atoms with Crippen molar-refractivity contribution in [3.63, 3.8) is 0 Å². The van der Waals surface area contributed by atoms with Gasteiger partial charge in [-0.1, -0.05) is 30.4 Å². The second-order valence-electron chi connectivity index (χ2n) is 4.91. The van der Waals surface area contributed by atoms with E-state index >= 15 is 0 Å². The molecule has 1 aromatic rings. The van der Waals surface area contributed by atoms with Crippen molar-refractivity contribution >= 4 is 12.0 Å². The summed E-state index contributed by atoms with van der Waals surface area (Å²) in [5, 5.41) is 9.59. The van der Waals surface area contributed by atoms with Gasteiger partial charge in [-0.15, -0.1) is 0 Å². The van der Waals surface area contributed by atoms with Crippen LogP contribution in [0, 0.1) is 0 Å². The molecular formula is C17H24O3S. The van der Waals surface area contributed by atoms with Crippen molar-refractivity contribution in [1.29, 1.82) is 0 Å². The van der Waals surface area contributed by atoms with E-state index in [9.17, 15) is 9.66 Å². The van der Waals surface area contributed by atoms with Crippen molar-refractivity contribution in [1.82, 2.24) is 0 Å². The van der Waals surface area contributed by atoms with Crippen LogP contribution in [-0.2, 0) is 6.42 Å². The number of rotatable bonds is 8. The van der Waals surface area contributed by atoms with Crippen LogP contribution in [-0.4, -0.2) is 21.5 Å². The summed E-state index contributed by atoms with van der Waals surface area (Å²) in [4.78, 5) is 0. The number of methoxy groups -OCH3 is 1. The minimum absolute atomic E-state index is 0.157. The zero-order chi connectivity index (χ0) is 15.7. The van der Waals surface area contributed by atoms with Gasteiger partial charge in [-0.05, 0) is 50.8 Å². The standard InChI is InChI=1S/C17H24O3S/c1-4-10-17(21-19,11-5-2)12-6-7-14-8-9-15(18)16(13-14)20-3/h4-5,8-11,13,18-19H,6-7,12H2,1-3H3. The molecule has 0 aliphatic carbocycles. The minimum Gasteiger partial charge on any atom is -0.504 e. The summed E-state index contributed by atoms with van der Waals surface area (Å²) in [5.74, 6) is 0.654. The molecule has 0 aromatic heterocycles. The molecule has 21 heavy (non-hydrogen) atoms. The Morgan fingerprint density at radius 3 is 2.43 bits per heavy atom. The van der Waals surface area contributed by atoms with E-state index in [0.29, 0.717) is 5.75 Å². The third-order valence-electron chi connectivity index (χ3n) is 3.34. The number of allylic oxidation sites excluding steroid dienone is 2. The van der Waals surface area contributed by atoms with Crippen LogP contribution in [0.3, 0.4) is 0 Å². The zero-order valence-electron chi connectivity index (χ0n) is 12.9. The van der Waals surface area contributed by atoms with Crippen LogP contribution in [0.15, 0.2) is 42.5 Å². The normalized spacial score (nSPS) is 14.7. The molecule has 0 aliphatic rings. The molecule has 0 saturated heterocycles. The van der Waals surface area contributed by atoms with Gasteiger partial charge < -0.3 is 14.4 Å². The first-order chi connectivity index (χ1) is 10.1. The van der Waals surface area contributed by atoms with Crippen LogP contribution in [0.1, 0.15) is 32.3 Å². The second kappa shape index (κ2) is 8.80. The number of phenols is 1. The van der Waals surface area contributed by atoms with Crippen LogP contribution in [0.25, 0.3) is 0 Å². The predicted octanol–water partition coefficient (Wildman–Crippen LogP) is 4.82. The van der Waals surface area contributed by atoms with Gasteiger partial charge in [-0.25, -0.2) is 0 Å². The molecule has 1 aromatic carbocycles. The summed E-state index contributed by atoms with van der Waals surface area (Å²) in [7, 11) is 1.55. The predicted molar refractivity (Wildman–Crippen MR) is 90.2 cm³/mol. The molecule has 116 valence electrons. The Balaban J connectivity index is 2.70. The van der Waals surface area contributed by atoms with E-state index < -0.39 is 0 Å². The second-order valence-corrected chi connectivity index (χ2v) is 5.85. The van der Waals surface area contributed by atoms with Crippen LogP contribution in [0.4, 0.5) is 0 Å². The van der Waals surface area contributed by atoms with E-state index in [1.54, 1.807) is 13.2 Å². The van der Waals surface area contributed by atoms with Crippen LogP contribution < -0.4 is 4.74 Å². The Bertz CT molecular complexity index is 483. The van der Waals surface area contributed by atoms with E-state index in [1.165, 1.54) is 0 Å². The van der Waals surface area contributed by atoms with Crippen molar-refractivity contribution in [3.05, 3.63) is 48.1 Å². The maximum absolute atomic E-state index is 9.62. The Morgan fingerprint density at radius 1 is 1.24 bits per heavy atom. The summed E-state index contributed by atoms with van der Waals surface area (Å²) < 4.78 is 14.4. The van der Waals surface area contributed by atoms with Crippen molar-refractivity contribution in [2.45, 2.75) is 37.9 Å². The lowest BCUT2D eigenvalue weighted by atomic mass is 9.97. The van der Waals surface area contributed by atoms with Crippen molar-refractivity contribution in [2.24, 2.45) is 0 Å². The van der Waals surface area contributed by atoms with Crippen LogP contribution >= 0.6 is 12.0 Å². The highest BCUT2D eigenvalue weighted by molar-refractivity contribution is 7.95. The number of aromatic hydroxyl groups is 1. The van der Waals surface area contributed by atoms with Gasteiger partial charge in [0.15, 0.2) is 11.5 Å². The average Bonchev–Trinajstić information content (AvgIpc) is 2.49. The number of ether oxygens (including phenoxy) is 1. The molecule has 0 radical (unpaired) electrons. The van der Waals surface area contributed by atoms with Gasteiger partial charge in [0.1, 0.15) is 0 Å². The van der Waals surface area contributed by atoms with Gasteiger partial charge in [0.25, 0.3) is 0 Å². The Morgan fingerprint density at radius 2 is 1.90 bits per heavy atom. The Labute approximate surface area is 131 Å². The smallest absolute Gasteiger partial charge is 0.160 e. The molecule has 0 heterocycles. The Hall–Kier alpha value is -1.39.